The summed E-state index contributed by atoms with van der Waals surface area (Å²) in [6, 6.07) is 3.49. The van der Waals surface area contributed by atoms with Crippen molar-refractivity contribution in [1.29, 1.82) is 0 Å². The van der Waals surface area contributed by atoms with E-state index in [1.54, 1.807) is 26.9 Å². The summed E-state index contributed by atoms with van der Waals surface area (Å²) in [5.74, 6) is 0.0761. The molecule has 7 heteroatoms. The van der Waals surface area contributed by atoms with E-state index >= 15 is 0 Å². The number of rotatable bonds is 4. The van der Waals surface area contributed by atoms with E-state index in [4.69, 9.17) is 9.39 Å². The van der Waals surface area contributed by atoms with Crippen LogP contribution in [0, 0.1) is 11.7 Å². The third-order valence-corrected chi connectivity index (χ3v) is 4.12. The predicted molar refractivity (Wildman–Crippen MR) is 81.3 cm³/mol. The van der Waals surface area contributed by atoms with Crippen LogP contribution in [0.25, 0.3) is 0 Å². The number of ether oxygens (including phenoxy) is 1. The van der Waals surface area contributed by atoms with Crippen LogP contribution < -0.4 is 10.1 Å². The van der Waals surface area contributed by atoms with Gasteiger partial charge in [0.1, 0.15) is 11.4 Å². The van der Waals surface area contributed by atoms with Crippen molar-refractivity contribution >= 4 is 19.2 Å². The summed E-state index contributed by atoms with van der Waals surface area (Å²) in [4.78, 5) is 13.5. The molecule has 0 saturated carbocycles. The van der Waals surface area contributed by atoms with E-state index in [1.807, 2.05) is 0 Å². The maximum Gasteiger partial charge on any atom is 0.398 e. The zero-order valence-corrected chi connectivity index (χ0v) is 12.6. The molecule has 0 spiro atoms. The highest BCUT2D eigenvalue weighted by Crippen LogP contribution is 2.34. The fraction of sp³-hybridized carbons (Fsp3) is 0.533. The normalized spacial score (nSPS) is 21.7. The number of carbonyl (C=O) groups excluding carboxylic acids is 1. The molecular formula is C15H19BFN2O3. The third-order valence-electron chi connectivity index (χ3n) is 4.12. The quantitative estimate of drug-likeness (QED) is 0.858. The molecule has 2 aliphatic rings. The van der Waals surface area contributed by atoms with Gasteiger partial charge in [-0.15, -0.1) is 0 Å². The molecule has 1 radical (unpaired) electrons. The Bertz CT molecular complexity index is 568. The lowest BCUT2D eigenvalue weighted by Crippen LogP contribution is -2.39. The number of carbonyl (C=O) groups is 1. The number of benzene rings is 1. The second-order valence-electron chi connectivity index (χ2n) is 5.80. The van der Waals surface area contributed by atoms with Crippen LogP contribution in [0.1, 0.15) is 18.4 Å². The Morgan fingerprint density at radius 1 is 1.55 bits per heavy atom. The van der Waals surface area contributed by atoms with Gasteiger partial charge in [-0.2, -0.15) is 0 Å². The van der Waals surface area contributed by atoms with E-state index in [-0.39, 0.29) is 24.0 Å². The molecule has 1 fully saturated rings. The van der Waals surface area contributed by atoms with E-state index in [2.05, 4.69) is 10.1 Å². The zero-order chi connectivity index (χ0) is 15.5. The van der Waals surface area contributed by atoms with Crippen LogP contribution in [0.4, 0.5) is 10.1 Å². The minimum absolute atomic E-state index is 0.0593. The van der Waals surface area contributed by atoms with Gasteiger partial charge in [0.2, 0.25) is 0 Å². The Morgan fingerprint density at radius 3 is 3.23 bits per heavy atom. The second kappa shape index (κ2) is 6.66. The summed E-state index contributed by atoms with van der Waals surface area (Å²) < 4.78 is 24.9. The molecule has 22 heavy (non-hydrogen) atoms. The van der Waals surface area contributed by atoms with Crippen LogP contribution in [0.2, 0.25) is 0 Å². The van der Waals surface area contributed by atoms with Gasteiger partial charge in [0.05, 0.1) is 0 Å². The first-order valence-electron chi connectivity index (χ1n) is 7.51. The smallest absolute Gasteiger partial charge is 0.398 e. The van der Waals surface area contributed by atoms with Gasteiger partial charge in [-0.3, -0.25) is 4.79 Å². The van der Waals surface area contributed by atoms with Gasteiger partial charge in [0, 0.05) is 7.11 Å². The number of halogens is 1. The first-order valence-corrected chi connectivity index (χ1v) is 7.51. The van der Waals surface area contributed by atoms with E-state index in [0.717, 1.165) is 25.9 Å². The van der Waals surface area contributed by atoms with Crippen molar-refractivity contribution < 1.29 is 18.6 Å². The molecule has 2 aliphatic heterocycles. The van der Waals surface area contributed by atoms with Crippen LogP contribution in [0.5, 0.6) is 5.75 Å². The van der Waals surface area contributed by atoms with Crippen LogP contribution in [0.3, 0.4) is 0 Å². The molecular weight excluding hydrogens is 286 g/mol. The average molecular weight is 305 g/mol. The zero-order valence-electron chi connectivity index (χ0n) is 12.6. The summed E-state index contributed by atoms with van der Waals surface area (Å²) >= 11 is 0. The van der Waals surface area contributed by atoms with Crippen molar-refractivity contribution in [2.75, 3.05) is 32.1 Å². The van der Waals surface area contributed by atoms with E-state index < -0.39 is 0 Å². The average Bonchev–Trinajstić information content (AvgIpc) is 2.51. The van der Waals surface area contributed by atoms with Gasteiger partial charge in [0.25, 0.3) is 5.91 Å². The van der Waals surface area contributed by atoms with E-state index in [9.17, 15) is 9.18 Å². The lowest BCUT2D eigenvalue weighted by molar-refractivity contribution is -0.118. The van der Waals surface area contributed by atoms with Crippen molar-refractivity contribution in [3.05, 3.63) is 23.5 Å². The molecule has 2 heterocycles. The number of piperidine rings is 1. The minimum atomic E-state index is -0.376. The first kappa shape index (κ1) is 15.3. The minimum Gasteiger partial charge on any atom is -0.481 e. The lowest BCUT2D eigenvalue weighted by atomic mass is 9.88. The SMILES string of the molecule is CO[B]N1CCCC(Cc2ccc3c(c2F)NC(=O)CO3)C1. The number of hydrogen-bond donors (Lipinski definition) is 1. The molecule has 1 unspecified atom stereocenters. The Hall–Kier alpha value is -1.60. The first-order chi connectivity index (χ1) is 10.7. The summed E-state index contributed by atoms with van der Waals surface area (Å²) in [5.41, 5.74) is 0.790. The number of fused-ring (bicyclic) bond motifs is 1. The van der Waals surface area contributed by atoms with Gasteiger partial charge in [-0.05, 0) is 49.9 Å². The molecule has 1 aromatic rings. The Morgan fingerprint density at radius 2 is 2.41 bits per heavy atom. The second-order valence-corrected chi connectivity index (χ2v) is 5.80. The third kappa shape index (κ3) is 3.25. The summed E-state index contributed by atoms with van der Waals surface area (Å²) in [5, 5.41) is 2.56. The largest absolute Gasteiger partial charge is 0.481 e. The summed E-state index contributed by atoms with van der Waals surface area (Å²) in [6.07, 6.45) is 2.77. The number of hydrogen-bond acceptors (Lipinski definition) is 4. The molecule has 1 amide bonds. The van der Waals surface area contributed by atoms with Crippen LogP contribution in [-0.4, -0.2) is 45.1 Å². The van der Waals surface area contributed by atoms with Gasteiger partial charge in [-0.1, -0.05) is 6.07 Å². The van der Waals surface area contributed by atoms with Gasteiger partial charge >= 0.3 is 7.62 Å². The number of nitrogens with zero attached hydrogens (tertiary/aromatic N) is 1. The highest BCUT2D eigenvalue weighted by atomic mass is 19.1. The van der Waals surface area contributed by atoms with E-state index in [0.29, 0.717) is 23.7 Å². The summed E-state index contributed by atoms with van der Waals surface area (Å²) in [6.45, 7) is 1.77. The number of anilines is 1. The molecule has 1 aromatic carbocycles. The highest BCUT2D eigenvalue weighted by Gasteiger charge is 2.25. The maximum atomic E-state index is 14.6. The fourth-order valence-electron chi connectivity index (χ4n) is 3.13. The Balaban J connectivity index is 1.72. The lowest BCUT2D eigenvalue weighted by Gasteiger charge is -2.31. The van der Waals surface area contributed by atoms with Crippen molar-refractivity contribution in [3.63, 3.8) is 0 Å². The monoisotopic (exact) mass is 305 g/mol. The van der Waals surface area contributed by atoms with Crippen molar-refractivity contribution in [3.8, 4) is 5.75 Å². The number of nitrogens with one attached hydrogen (secondary N) is 1. The standard InChI is InChI=1S/C15H19BFN2O3/c1-21-16-19-6-2-3-10(8-19)7-11-4-5-12-15(14(11)17)18-13(20)9-22-12/h4-5,10H,2-3,6-9H2,1H3,(H,18,20). The van der Waals surface area contributed by atoms with E-state index in [1.165, 1.54) is 0 Å². The summed E-state index contributed by atoms with van der Waals surface area (Å²) in [7, 11) is 3.36. The molecule has 1 atom stereocenters. The van der Waals surface area contributed by atoms with Crippen LogP contribution >= 0.6 is 0 Å². The predicted octanol–water partition coefficient (Wildman–Crippen LogP) is 1.59. The molecule has 117 valence electrons. The molecule has 0 aliphatic carbocycles. The molecule has 1 N–H and O–H groups in total. The highest BCUT2D eigenvalue weighted by molar-refractivity contribution is 6.23. The molecule has 0 aromatic heterocycles. The van der Waals surface area contributed by atoms with Gasteiger partial charge in [-0.25, -0.2) is 4.39 Å². The van der Waals surface area contributed by atoms with Crippen LogP contribution in [-0.2, 0) is 15.9 Å². The molecule has 5 nitrogen and oxygen atoms in total. The Labute approximate surface area is 130 Å². The molecule has 0 bridgehead atoms. The number of amides is 1. The fourth-order valence-corrected chi connectivity index (χ4v) is 3.13. The molecule has 3 rings (SSSR count). The van der Waals surface area contributed by atoms with Crippen molar-refractivity contribution in [2.24, 2.45) is 5.92 Å². The van der Waals surface area contributed by atoms with Crippen molar-refractivity contribution in [1.82, 2.24) is 4.81 Å². The Kier molecular flexibility index (Phi) is 4.64. The topological polar surface area (TPSA) is 50.8 Å². The van der Waals surface area contributed by atoms with Crippen LogP contribution in [0.15, 0.2) is 12.1 Å². The molecule has 1 saturated heterocycles. The van der Waals surface area contributed by atoms with Gasteiger partial charge < -0.3 is 19.5 Å². The van der Waals surface area contributed by atoms with Crippen molar-refractivity contribution in [2.45, 2.75) is 19.3 Å². The van der Waals surface area contributed by atoms with Gasteiger partial charge in [0.15, 0.2) is 12.4 Å². The maximum absolute atomic E-state index is 14.6.